The minimum Gasteiger partial charge on any atom is -0.497 e. The maximum absolute atomic E-state index is 9.85. The van der Waals surface area contributed by atoms with Gasteiger partial charge in [0.2, 0.25) is 0 Å². The van der Waals surface area contributed by atoms with Gasteiger partial charge in [0.05, 0.1) is 19.0 Å². The number of rotatable bonds is 8. The molecule has 0 fully saturated rings. The molecule has 0 bridgehead atoms. The molecule has 6 nitrogen and oxygen atoms in total. The van der Waals surface area contributed by atoms with E-state index in [9.17, 15) is 5.26 Å². The first-order valence-corrected chi connectivity index (χ1v) is 11.0. The maximum Gasteiger partial charge on any atom is 0.190 e. The standard InChI is InChI=1S/C23H22ClN5OS/c1-15(2)14-31-23-27-21(17-6-10-19(30-3)11-7-17)20(12-25)22(28-23)29-26-13-16-4-8-18(24)9-5-16/h4-11,13,15H,14H2,1-3H3,(H,27,28,29)/b26-13-. The molecule has 3 rings (SSSR count). The summed E-state index contributed by atoms with van der Waals surface area (Å²) in [6.07, 6.45) is 1.65. The summed E-state index contributed by atoms with van der Waals surface area (Å²) in [7, 11) is 1.61. The van der Waals surface area contributed by atoms with E-state index in [4.69, 9.17) is 16.3 Å². The fourth-order valence-electron chi connectivity index (χ4n) is 2.61. The average Bonchev–Trinajstić information content (AvgIpc) is 2.78. The van der Waals surface area contributed by atoms with Gasteiger partial charge in [-0.3, -0.25) is 5.43 Å². The first kappa shape index (κ1) is 22.6. The molecule has 0 aliphatic rings. The van der Waals surface area contributed by atoms with Gasteiger partial charge in [0.1, 0.15) is 17.4 Å². The molecule has 158 valence electrons. The normalized spacial score (nSPS) is 11.0. The van der Waals surface area contributed by atoms with Crippen molar-refractivity contribution in [3.05, 3.63) is 64.7 Å². The van der Waals surface area contributed by atoms with Crippen molar-refractivity contribution < 1.29 is 4.74 Å². The van der Waals surface area contributed by atoms with Crippen LogP contribution in [0.25, 0.3) is 11.3 Å². The third-order valence-electron chi connectivity index (χ3n) is 4.16. The number of hydrazone groups is 1. The molecule has 0 spiro atoms. The van der Waals surface area contributed by atoms with Crippen molar-refractivity contribution in [2.24, 2.45) is 11.0 Å². The second-order valence-corrected chi connectivity index (χ2v) is 8.47. The van der Waals surface area contributed by atoms with E-state index < -0.39 is 0 Å². The summed E-state index contributed by atoms with van der Waals surface area (Å²) in [5, 5.41) is 15.4. The Morgan fingerprint density at radius 2 is 1.87 bits per heavy atom. The van der Waals surface area contributed by atoms with Crippen LogP contribution in [0, 0.1) is 17.2 Å². The Balaban J connectivity index is 1.97. The van der Waals surface area contributed by atoms with Crippen LogP contribution < -0.4 is 10.2 Å². The van der Waals surface area contributed by atoms with Crippen molar-refractivity contribution >= 4 is 35.4 Å². The fourth-order valence-corrected chi connectivity index (χ4v) is 3.53. The number of anilines is 1. The van der Waals surface area contributed by atoms with E-state index in [0.717, 1.165) is 22.6 Å². The molecular weight excluding hydrogens is 430 g/mol. The number of thioether (sulfide) groups is 1. The summed E-state index contributed by atoms with van der Waals surface area (Å²) in [5.41, 5.74) is 5.46. The molecular formula is C23H22ClN5OS. The Morgan fingerprint density at radius 3 is 2.48 bits per heavy atom. The summed E-state index contributed by atoms with van der Waals surface area (Å²) in [6, 6.07) is 16.9. The van der Waals surface area contributed by atoms with Crippen LogP contribution in [0.1, 0.15) is 25.0 Å². The first-order chi connectivity index (χ1) is 15.0. The van der Waals surface area contributed by atoms with Crippen LogP contribution >= 0.6 is 23.4 Å². The van der Waals surface area contributed by atoms with Gasteiger partial charge < -0.3 is 4.74 Å². The molecule has 0 unspecified atom stereocenters. The quantitative estimate of drug-likeness (QED) is 0.199. The highest BCUT2D eigenvalue weighted by molar-refractivity contribution is 7.99. The van der Waals surface area contributed by atoms with Crippen LogP contribution in [-0.2, 0) is 0 Å². The minimum absolute atomic E-state index is 0.326. The maximum atomic E-state index is 9.85. The molecule has 8 heteroatoms. The molecule has 0 aliphatic heterocycles. The Kier molecular flexibility index (Phi) is 7.88. The van der Waals surface area contributed by atoms with Crippen molar-refractivity contribution in [1.29, 1.82) is 5.26 Å². The van der Waals surface area contributed by atoms with E-state index in [-0.39, 0.29) is 0 Å². The number of ether oxygens (including phenoxy) is 1. The summed E-state index contributed by atoms with van der Waals surface area (Å²) in [5.74, 6) is 2.44. The van der Waals surface area contributed by atoms with Gasteiger partial charge in [-0.15, -0.1) is 0 Å². The lowest BCUT2D eigenvalue weighted by molar-refractivity contribution is 0.415. The van der Waals surface area contributed by atoms with E-state index in [1.165, 1.54) is 0 Å². The van der Waals surface area contributed by atoms with Gasteiger partial charge in [-0.1, -0.05) is 49.3 Å². The molecule has 0 saturated heterocycles. The lowest BCUT2D eigenvalue weighted by atomic mass is 10.1. The number of hydrogen-bond donors (Lipinski definition) is 1. The Labute approximate surface area is 191 Å². The monoisotopic (exact) mass is 451 g/mol. The van der Waals surface area contributed by atoms with Crippen molar-refractivity contribution in [3.63, 3.8) is 0 Å². The number of aromatic nitrogens is 2. The molecule has 1 N–H and O–H groups in total. The zero-order valence-corrected chi connectivity index (χ0v) is 19.0. The molecule has 31 heavy (non-hydrogen) atoms. The second kappa shape index (κ2) is 10.8. The zero-order valence-electron chi connectivity index (χ0n) is 17.5. The average molecular weight is 452 g/mol. The van der Waals surface area contributed by atoms with Crippen molar-refractivity contribution in [3.8, 4) is 23.1 Å². The van der Waals surface area contributed by atoms with E-state index in [2.05, 4.69) is 40.4 Å². The first-order valence-electron chi connectivity index (χ1n) is 9.64. The summed E-state index contributed by atoms with van der Waals surface area (Å²) < 4.78 is 5.23. The molecule has 0 saturated carbocycles. The number of hydrogen-bond acceptors (Lipinski definition) is 7. The summed E-state index contributed by atoms with van der Waals surface area (Å²) in [4.78, 5) is 9.20. The van der Waals surface area contributed by atoms with E-state index >= 15 is 0 Å². The SMILES string of the molecule is COc1ccc(-c2nc(SCC(C)C)nc(N/N=C\c3ccc(Cl)cc3)c2C#N)cc1. The highest BCUT2D eigenvalue weighted by Gasteiger charge is 2.17. The van der Waals surface area contributed by atoms with Gasteiger partial charge in [0.15, 0.2) is 11.0 Å². The lowest BCUT2D eigenvalue weighted by Crippen LogP contribution is -2.04. The molecule has 0 atom stereocenters. The second-order valence-electron chi connectivity index (χ2n) is 7.05. The Bertz CT molecular complexity index is 1090. The summed E-state index contributed by atoms with van der Waals surface area (Å²) in [6.45, 7) is 4.27. The molecule has 0 aliphatic carbocycles. The number of nitrogens with zero attached hydrogens (tertiary/aromatic N) is 4. The third-order valence-corrected chi connectivity index (χ3v) is 5.69. The van der Waals surface area contributed by atoms with Gasteiger partial charge in [0, 0.05) is 16.3 Å². The number of nitrogens with one attached hydrogen (secondary N) is 1. The van der Waals surface area contributed by atoms with Crippen molar-refractivity contribution in [1.82, 2.24) is 9.97 Å². The topological polar surface area (TPSA) is 83.2 Å². The minimum atomic E-state index is 0.326. The van der Waals surface area contributed by atoms with Crippen LogP contribution in [0.2, 0.25) is 5.02 Å². The van der Waals surface area contributed by atoms with Crippen molar-refractivity contribution in [2.75, 3.05) is 18.3 Å². The molecule has 1 heterocycles. The smallest absolute Gasteiger partial charge is 0.190 e. The zero-order chi connectivity index (χ0) is 22.2. The summed E-state index contributed by atoms with van der Waals surface area (Å²) >= 11 is 7.47. The highest BCUT2D eigenvalue weighted by atomic mass is 35.5. The molecule has 0 amide bonds. The lowest BCUT2D eigenvalue weighted by Gasteiger charge is -2.12. The number of methoxy groups -OCH3 is 1. The van der Waals surface area contributed by atoms with Gasteiger partial charge in [-0.05, 0) is 47.9 Å². The largest absolute Gasteiger partial charge is 0.497 e. The number of nitriles is 1. The number of benzene rings is 2. The number of halogens is 1. The van der Waals surface area contributed by atoms with Gasteiger partial charge >= 0.3 is 0 Å². The van der Waals surface area contributed by atoms with Crippen LogP contribution in [0.4, 0.5) is 5.82 Å². The van der Waals surface area contributed by atoms with E-state index in [0.29, 0.717) is 33.2 Å². The van der Waals surface area contributed by atoms with Crippen LogP contribution in [-0.4, -0.2) is 29.0 Å². The fraction of sp³-hybridized carbons (Fsp3) is 0.217. The Hall–Kier alpha value is -3.08. The highest BCUT2D eigenvalue weighted by Crippen LogP contribution is 2.30. The van der Waals surface area contributed by atoms with Crippen molar-refractivity contribution in [2.45, 2.75) is 19.0 Å². The van der Waals surface area contributed by atoms with Crippen LogP contribution in [0.5, 0.6) is 5.75 Å². The predicted octanol–water partition coefficient (Wildman–Crippen LogP) is 5.87. The van der Waals surface area contributed by atoms with Crippen LogP contribution in [0.15, 0.2) is 58.8 Å². The van der Waals surface area contributed by atoms with Gasteiger partial charge in [0.25, 0.3) is 0 Å². The van der Waals surface area contributed by atoms with E-state index in [1.54, 1.807) is 37.2 Å². The molecule has 0 radical (unpaired) electrons. The van der Waals surface area contributed by atoms with Gasteiger partial charge in [-0.2, -0.15) is 10.4 Å². The van der Waals surface area contributed by atoms with Gasteiger partial charge in [-0.25, -0.2) is 9.97 Å². The predicted molar refractivity (Wildman–Crippen MR) is 127 cm³/mol. The molecule has 2 aromatic carbocycles. The van der Waals surface area contributed by atoms with Crippen LogP contribution in [0.3, 0.4) is 0 Å². The Morgan fingerprint density at radius 1 is 1.16 bits per heavy atom. The van der Waals surface area contributed by atoms with E-state index in [1.807, 2.05) is 36.4 Å². The molecule has 1 aromatic heterocycles. The molecule has 3 aromatic rings. The third kappa shape index (κ3) is 6.20.